The molecule has 1 N–H and O–H groups in total. The summed E-state index contributed by atoms with van der Waals surface area (Å²) in [6, 6.07) is 1.80. The summed E-state index contributed by atoms with van der Waals surface area (Å²) in [5.41, 5.74) is 0.0947. The molecule has 0 amide bonds. The van der Waals surface area contributed by atoms with E-state index in [-0.39, 0.29) is 12.0 Å². The molecular formula is C12H16ClN3O. The smallest absolute Gasteiger partial charge is 0.134 e. The second kappa shape index (κ2) is 4.10. The second-order valence-corrected chi connectivity index (χ2v) is 5.58. The molecule has 2 fully saturated rings. The Morgan fingerprint density at radius 3 is 3.12 bits per heavy atom. The van der Waals surface area contributed by atoms with Gasteiger partial charge in [-0.2, -0.15) is 0 Å². The van der Waals surface area contributed by atoms with Crippen molar-refractivity contribution in [2.75, 3.05) is 24.6 Å². The quantitative estimate of drug-likeness (QED) is 0.816. The Morgan fingerprint density at radius 1 is 1.53 bits per heavy atom. The summed E-state index contributed by atoms with van der Waals surface area (Å²) >= 11 is 5.89. The molecule has 1 saturated carbocycles. The van der Waals surface area contributed by atoms with Gasteiger partial charge in [-0.25, -0.2) is 9.97 Å². The molecule has 3 rings (SSSR count). The van der Waals surface area contributed by atoms with E-state index in [1.165, 1.54) is 19.2 Å². The molecule has 1 aromatic rings. The molecule has 4 nitrogen and oxygen atoms in total. The van der Waals surface area contributed by atoms with Crippen LogP contribution in [0.2, 0.25) is 5.15 Å². The van der Waals surface area contributed by atoms with E-state index in [0.717, 1.165) is 25.3 Å². The fourth-order valence-corrected chi connectivity index (χ4v) is 3.49. The summed E-state index contributed by atoms with van der Waals surface area (Å²) in [6.07, 6.45) is 5.08. The number of aliphatic hydroxyl groups is 1. The molecule has 0 radical (unpaired) electrons. The summed E-state index contributed by atoms with van der Waals surface area (Å²) < 4.78 is 0. The fourth-order valence-electron chi connectivity index (χ4n) is 3.34. The zero-order chi connectivity index (χ0) is 11.9. The first-order chi connectivity index (χ1) is 8.23. The molecule has 1 aromatic heterocycles. The second-order valence-electron chi connectivity index (χ2n) is 5.19. The lowest BCUT2D eigenvalue weighted by atomic mass is 9.82. The molecular weight excluding hydrogens is 238 g/mol. The van der Waals surface area contributed by atoms with Crippen molar-refractivity contribution in [3.63, 3.8) is 0 Å². The highest BCUT2D eigenvalue weighted by Crippen LogP contribution is 2.49. The molecule has 2 heterocycles. The summed E-state index contributed by atoms with van der Waals surface area (Å²) in [7, 11) is 0. The molecule has 2 atom stereocenters. The molecule has 1 aliphatic heterocycles. The number of fused-ring (bicyclic) bond motifs is 1. The van der Waals surface area contributed by atoms with Gasteiger partial charge in [0.15, 0.2) is 0 Å². The van der Waals surface area contributed by atoms with Gasteiger partial charge in [-0.3, -0.25) is 0 Å². The van der Waals surface area contributed by atoms with Crippen LogP contribution in [0.1, 0.15) is 19.3 Å². The standard InChI is InChI=1S/C12H16ClN3O/c13-10-4-11(15-8-14-10)16-5-9-2-1-3-12(9,6-16)7-17/h4,8-9,17H,1-3,5-7H2/t9-,12+/m1/s1. The molecule has 0 bridgehead atoms. The molecule has 1 saturated heterocycles. The van der Waals surface area contributed by atoms with E-state index in [9.17, 15) is 5.11 Å². The van der Waals surface area contributed by atoms with Gasteiger partial charge < -0.3 is 10.0 Å². The van der Waals surface area contributed by atoms with Crippen molar-refractivity contribution < 1.29 is 5.11 Å². The first-order valence-electron chi connectivity index (χ1n) is 6.07. The summed E-state index contributed by atoms with van der Waals surface area (Å²) in [6.45, 7) is 2.16. The number of aromatic nitrogens is 2. The largest absolute Gasteiger partial charge is 0.396 e. The molecule has 1 aliphatic carbocycles. The highest BCUT2D eigenvalue weighted by molar-refractivity contribution is 6.29. The molecule has 0 unspecified atom stereocenters. The van der Waals surface area contributed by atoms with Crippen LogP contribution >= 0.6 is 11.6 Å². The zero-order valence-corrected chi connectivity index (χ0v) is 10.4. The van der Waals surface area contributed by atoms with Gasteiger partial charge in [-0.15, -0.1) is 0 Å². The SMILES string of the molecule is OC[C@@]12CCC[C@@H]1CN(c1cc(Cl)ncn1)C2. The van der Waals surface area contributed by atoms with E-state index < -0.39 is 0 Å². The Kier molecular flexibility index (Phi) is 2.71. The number of hydrogen-bond acceptors (Lipinski definition) is 4. The third-order valence-electron chi connectivity index (χ3n) is 4.30. The van der Waals surface area contributed by atoms with Crippen molar-refractivity contribution >= 4 is 17.4 Å². The number of halogens is 1. The highest BCUT2D eigenvalue weighted by atomic mass is 35.5. The van der Waals surface area contributed by atoms with Crippen LogP contribution < -0.4 is 4.90 Å². The number of nitrogens with zero attached hydrogens (tertiary/aromatic N) is 3. The first kappa shape index (κ1) is 11.2. The normalized spacial score (nSPS) is 31.9. The van der Waals surface area contributed by atoms with Crippen molar-refractivity contribution in [2.24, 2.45) is 11.3 Å². The maximum Gasteiger partial charge on any atom is 0.134 e. The lowest BCUT2D eigenvalue weighted by Gasteiger charge is -2.26. The van der Waals surface area contributed by atoms with Crippen molar-refractivity contribution in [2.45, 2.75) is 19.3 Å². The minimum Gasteiger partial charge on any atom is -0.396 e. The van der Waals surface area contributed by atoms with E-state index in [0.29, 0.717) is 11.1 Å². The predicted octanol–water partition coefficient (Wildman–Crippen LogP) is 1.73. The van der Waals surface area contributed by atoms with Gasteiger partial charge in [0.2, 0.25) is 0 Å². The number of hydrogen-bond donors (Lipinski definition) is 1. The van der Waals surface area contributed by atoms with Gasteiger partial charge in [0, 0.05) is 24.6 Å². The van der Waals surface area contributed by atoms with E-state index >= 15 is 0 Å². The van der Waals surface area contributed by atoms with E-state index in [4.69, 9.17) is 11.6 Å². The summed E-state index contributed by atoms with van der Waals surface area (Å²) in [5.74, 6) is 1.48. The van der Waals surface area contributed by atoms with Crippen LogP contribution in [0.4, 0.5) is 5.82 Å². The third-order valence-corrected chi connectivity index (χ3v) is 4.50. The number of rotatable bonds is 2. The molecule has 0 spiro atoms. The molecule has 17 heavy (non-hydrogen) atoms. The lowest BCUT2D eigenvalue weighted by Crippen LogP contribution is -2.31. The van der Waals surface area contributed by atoms with E-state index in [2.05, 4.69) is 14.9 Å². The van der Waals surface area contributed by atoms with Crippen LogP contribution in [0, 0.1) is 11.3 Å². The van der Waals surface area contributed by atoms with Crippen molar-refractivity contribution in [3.8, 4) is 0 Å². The first-order valence-corrected chi connectivity index (χ1v) is 6.45. The van der Waals surface area contributed by atoms with Crippen LogP contribution in [-0.4, -0.2) is 34.8 Å². The average molecular weight is 254 g/mol. The van der Waals surface area contributed by atoms with Gasteiger partial charge in [0.25, 0.3) is 0 Å². The Balaban J connectivity index is 1.84. The minimum atomic E-state index is 0.0947. The average Bonchev–Trinajstić information content (AvgIpc) is 2.85. The van der Waals surface area contributed by atoms with E-state index in [1.54, 1.807) is 6.07 Å². The van der Waals surface area contributed by atoms with E-state index in [1.807, 2.05) is 0 Å². The molecule has 0 aromatic carbocycles. The summed E-state index contributed by atoms with van der Waals surface area (Å²) in [5, 5.41) is 10.1. The van der Waals surface area contributed by atoms with Gasteiger partial charge in [0.1, 0.15) is 17.3 Å². The maximum atomic E-state index is 9.66. The van der Waals surface area contributed by atoms with Crippen molar-refractivity contribution in [3.05, 3.63) is 17.5 Å². The highest BCUT2D eigenvalue weighted by Gasteiger charge is 2.49. The molecule has 2 aliphatic rings. The van der Waals surface area contributed by atoms with Gasteiger partial charge in [-0.1, -0.05) is 18.0 Å². The predicted molar refractivity (Wildman–Crippen MR) is 66.1 cm³/mol. The van der Waals surface area contributed by atoms with Crippen LogP contribution in [0.5, 0.6) is 0 Å². The zero-order valence-electron chi connectivity index (χ0n) is 9.64. The van der Waals surface area contributed by atoms with Crippen LogP contribution in [0.25, 0.3) is 0 Å². The van der Waals surface area contributed by atoms with Gasteiger partial charge in [-0.05, 0) is 18.8 Å². The van der Waals surface area contributed by atoms with Crippen LogP contribution in [0.3, 0.4) is 0 Å². The van der Waals surface area contributed by atoms with Gasteiger partial charge >= 0.3 is 0 Å². The Bertz CT molecular complexity index is 428. The lowest BCUT2D eigenvalue weighted by molar-refractivity contribution is 0.121. The Morgan fingerprint density at radius 2 is 2.41 bits per heavy atom. The van der Waals surface area contributed by atoms with Crippen LogP contribution in [0.15, 0.2) is 12.4 Å². The molecule has 5 heteroatoms. The van der Waals surface area contributed by atoms with Crippen molar-refractivity contribution in [1.29, 1.82) is 0 Å². The summed E-state index contributed by atoms with van der Waals surface area (Å²) in [4.78, 5) is 10.4. The van der Waals surface area contributed by atoms with Crippen LogP contribution in [-0.2, 0) is 0 Å². The monoisotopic (exact) mass is 253 g/mol. The molecule has 92 valence electrons. The number of anilines is 1. The Labute approximate surface area is 106 Å². The third kappa shape index (κ3) is 1.79. The topological polar surface area (TPSA) is 49.2 Å². The fraction of sp³-hybridized carbons (Fsp3) is 0.667. The van der Waals surface area contributed by atoms with Gasteiger partial charge in [0.05, 0.1) is 6.61 Å². The minimum absolute atomic E-state index is 0.0947. The van der Waals surface area contributed by atoms with Crippen molar-refractivity contribution in [1.82, 2.24) is 9.97 Å². The number of aliphatic hydroxyl groups excluding tert-OH is 1. The Hall–Kier alpha value is -0.870. The maximum absolute atomic E-state index is 9.66.